The van der Waals surface area contributed by atoms with E-state index in [4.69, 9.17) is 4.84 Å². The second kappa shape index (κ2) is 7.34. The van der Waals surface area contributed by atoms with Gasteiger partial charge in [-0.15, -0.1) is 0 Å². The van der Waals surface area contributed by atoms with Gasteiger partial charge in [0.15, 0.2) is 6.10 Å². The Kier molecular flexibility index (Phi) is 4.64. The van der Waals surface area contributed by atoms with Crippen molar-refractivity contribution in [3.05, 3.63) is 94.7 Å². The molecule has 0 aliphatic carbocycles. The van der Waals surface area contributed by atoms with Crippen molar-refractivity contribution in [1.29, 1.82) is 0 Å². The number of hydrogen-bond acceptors (Lipinski definition) is 4. The number of benzene rings is 3. The van der Waals surface area contributed by atoms with Crippen molar-refractivity contribution in [2.75, 3.05) is 9.96 Å². The number of carbonyl (C=O) groups excluding carboxylic acids is 2. The van der Waals surface area contributed by atoms with Gasteiger partial charge < -0.3 is 0 Å². The third kappa shape index (κ3) is 3.02. The Balaban J connectivity index is 1.59. The number of halogens is 2. The number of anilines is 2. The molecule has 2 heterocycles. The normalized spacial score (nSPS) is 23.2. The van der Waals surface area contributed by atoms with Crippen LogP contribution in [0, 0.1) is 11.7 Å². The summed E-state index contributed by atoms with van der Waals surface area (Å²) in [6, 6.07) is 21.8. The number of rotatable bonds is 3. The smallest absolute Gasteiger partial charge is 0.266 e. The van der Waals surface area contributed by atoms with Crippen LogP contribution in [-0.4, -0.2) is 17.9 Å². The summed E-state index contributed by atoms with van der Waals surface area (Å²) in [5.41, 5.74) is 1.94. The molecule has 0 spiro atoms. The van der Waals surface area contributed by atoms with Crippen molar-refractivity contribution in [2.24, 2.45) is 5.92 Å². The van der Waals surface area contributed by atoms with Crippen LogP contribution >= 0.6 is 15.9 Å². The highest BCUT2D eigenvalue weighted by Crippen LogP contribution is 2.47. The fraction of sp³-hybridized carbons (Fsp3) is 0.130. The highest BCUT2D eigenvalue weighted by molar-refractivity contribution is 9.10. The average molecular weight is 467 g/mol. The van der Waals surface area contributed by atoms with E-state index in [1.165, 1.54) is 24.3 Å². The van der Waals surface area contributed by atoms with Crippen molar-refractivity contribution < 1.29 is 18.8 Å². The Bertz CT molecular complexity index is 1120. The van der Waals surface area contributed by atoms with E-state index in [0.29, 0.717) is 5.69 Å². The lowest BCUT2D eigenvalue weighted by Gasteiger charge is -2.28. The number of imide groups is 1. The molecule has 7 heteroatoms. The van der Waals surface area contributed by atoms with Crippen molar-refractivity contribution in [3.63, 3.8) is 0 Å². The van der Waals surface area contributed by atoms with Crippen LogP contribution in [-0.2, 0) is 14.4 Å². The molecular formula is C23H16BrFN2O3. The van der Waals surface area contributed by atoms with Gasteiger partial charge >= 0.3 is 0 Å². The lowest BCUT2D eigenvalue weighted by atomic mass is 9.90. The van der Waals surface area contributed by atoms with E-state index in [1.807, 2.05) is 54.6 Å². The molecule has 0 bridgehead atoms. The van der Waals surface area contributed by atoms with Crippen LogP contribution in [0.5, 0.6) is 0 Å². The van der Waals surface area contributed by atoms with Crippen molar-refractivity contribution in [3.8, 4) is 0 Å². The van der Waals surface area contributed by atoms with Gasteiger partial charge in [-0.3, -0.25) is 14.4 Å². The SMILES string of the molecule is O=C1[C@@H]2[C@@H](ON(c3ccccc3)[C@H]2c2cccc(Br)c2)C(=O)N1c1ccc(F)cc1. The number of nitrogens with zero attached hydrogens (tertiary/aromatic N) is 2. The highest BCUT2D eigenvalue weighted by atomic mass is 79.9. The zero-order chi connectivity index (χ0) is 20.8. The second-order valence-corrected chi connectivity index (χ2v) is 8.12. The molecule has 3 aromatic rings. The van der Waals surface area contributed by atoms with Crippen LogP contribution in [0.3, 0.4) is 0 Å². The molecule has 3 atom stereocenters. The molecule has 0 saturated carbocycles. The zero-order valence-corrected chi connectivity index (χ0v) is 17.2. The minimum atomic E-state index is -0.952. The molecule has 0 N–H and O–H groups in total. The molecule has 2 fully saturated rings. The van der Waals surface area contributed by atoms with Crippen LogP contribution < -0.4 is 9.96 Å². The number of hydrogen-bond donors (Lipinski definition) is 0. The first-order valence-corrected chi connectivity index (χ1v) is 10.2. The Morgan fingerprint density at radius 3 is 2.27 bits per heavy atom. The summed E-state index contributed by atoms with van der Waals surface area (Å²) in [6.07, 6.45) is -0.952. The van der Waals surface area contributed by atoms with E-state index in [1.54, 1.807) is 5.06 Å². The van der Waals surface area contributed by atoms with E-state index < -0.39 is 29.8 Å². The molecular weight excluding hydrogens is 451 g/mol. The lowest BCUT2D eigenvalue weighted by Crippen LogP contribution is -2.37. The predicted molar refractivity (Wildman–Crippen MR) is 113 cm³/mol. The van der Waals surface area contributed by atoms with Gasteiger partial charge in [0.2, 0.25) is 5.91 Å². The maximum atomic E-state index is 13.4. The Morgan fingerprint density at radius 2 is 1.57 bits per heavy atom. The Morgan fingerprint density at radius 1 is 0.833 bits per heavy atom. The third-order valence-electron chi connectivity index (χ3n) is 5.40. The molecule has 0 unspecified atom stereocenters. The summed E-state index contributed by atoms with van der Waals surface area (Å²) >= 11 is 3.48. The Labute approximate surface area is 180 Å². The van der Waals surface area contributed by atoms with Crippen molar-refractivity contribution in [1.82, 2.24) is 0 Å². The summed E-state index contributed by atoms with van der Waals surface area (Å²) in [5.74, 6) is -1.97. The van der Waals surface area contributed by atoms with Gasteiger partial charge in [-0.2, -0.15) is 0 Å². The van der Waals surface area contributed by atoms with Gasteiger partial charge in [-0.25, -0.2) is 14.4 Å². The molecule has 0 aromatic heterocycles. The van der Waals surface area contributed by atoms with E-state index >= 15 is 0 Å². The molecule has 150 valence electrons. The number of hydroxylamine groups is 1. The van der Waals surface area contributed by atoms with Gasteiger partial charge in [-0.05, 0) is 54.1 Å². The monoisotopic (exact) mass is 466 g/mol. The molecule has 2 amide bonds. The topological polar surface area (TPSA) is 49.9 Å². The van der Waals surface area contributed by atoms with Crippen LogP contribution in [0.25, 0.3) is 0 Å². The van der Waals surface area contributed by atoms with Crippen molar-refractivity contribution >= 4 is 39.1 Å². The van der Waals surface area contributed by atoms with Gasteiger partial charge in [0, 0.05) is 4.47 Å². The summed E-state index contributed by atoms with van der Waals surface area (Å²) in [4.78, 5) is 33.7. The first kappa shape index (κ1) is 19.0. The number of para-hydroxylation sites is 1. The maximum Gasteiger partial charge on any atom is 0.266 e. The van der Waals surface area contributed by atoms with Crippen LogP contribution in [0.4, 0.5) is 15.8 Å². The largest absolute Gasteiger partial charge is 0.273 e. The van der Waals surface area contributed by atoms with Crippen molar-refractivity contribution in [2.45, 2.75) is 12.1 Å². The minimum Gasteiger partial charge on any atom is -0.273 e. The molecule has 2 aliphatic rings. The number of amides is 2. The summed E-state index contributed by atoms with van der Waals surface area (Å²) in [5, 5.41) is 1.65. The van der Waals surface area contributed by atoms with Crippen LogP contribution in [0.2, 0.25) is 0 Å². The fourth-order valence-corrected chi connectivity index (χ4v) is 4.50. The third-order valence-corrected chi connectivity index (χ3v) is 5.89. The summed E-state index contributed by atoms with van der Waals surface area (Å²) in [7, 11) is 0. The first-order chi connectivity index (χ1) is 14.5. The Hall–Kier alpha value is -3.03. The second-order valence-electron chi connectivity index (χ2n) is 7.20. The van der Waals surface area contributed by atoms with Crippen LogP contribution in [0.1, 0.15) is 11.6 Å². The molecule has 2 saturated heterocycles. The fourth-order valence-electron chi connectivity index (χ4n) is 4.09. The van der Waals surface area contributed by atoms with E-state index in [0.717, 1.165) is 20.6 Å². The summed E-state index contributed by atoms with van der Waals surface area (Å²) in [6.45, 7) is 0. The van der Waals surface area contributed by atoms with E-state index in [2.05, 4.69) is 15.9 Å². The first-order valence-electron chi connectivity index (χ1n) is 9.44. The summed E-state index contributed by atoms with van der Waals surface area (Å²) < 4.78 is 14.2. The van der Waals surface area contributed by atoms with E-state index in [9.17, 15) is 14.0 Å². The minimum absolute atomic E-state index is 0.337. The van der Waals surface area contributed by atoms with Gasteiger partial charge in [-0.1, -0.05) is 46.3 Å². The average Bonchev–Trinajstić information content (AvgIpc) is 3.26. The number of carbonyl (C=O) groups is 2. The molecule has 5 nitrogen and oxygen atoms in total. The van der Waals surface area contributed by atoms with Gasteiger partial charge in [0.25, 0.3) is 5.91 Å². The van der Waals surface area contributed by atoms with Crippen LogP contribution in [0.15, 0.2) is 83.3 Å². The standard InChI is InChI=1S/C23H16BrFN2O3/c24-15-6-4-5-14(13-15)20-19-21(30-27(20)18-7-2-1-3-8-18)23(29)26(22(19)28)17-11-9-16(25)10-12-17/h1-13,19-21H/t19-,20-,21+/m0/s1. The van der Waals surface area contributed by atoms with Gasteiger partial charge in [0.05, 0.1) is 17.4 Å². The molecule has 5 rings (SSSR count). The predicted octanol–water partition coefficient (Wildman–Crippen LogP) is 4.64. The zero-order valence-electron chi connectivity index (χ0n) is 15.6. The molecule has 0 radical (unpaired) electrons. The number of fused-ring (bicyclic) bond motifs is 1. The molecule has 2 aliphatic heterocycles. The van der Waals surface area contributed by atoms with E-state index in [-0.39, 0.29) is 5.91 Å². The van der Waals surface area contributed by atoms with Gasteiger partial charge in [0.1, 0.15) is 11.7 Å². The molecule has 3 aromatic carbocycles. The maximum absolute atomic E-state index is 13.4. The lowest BCUT2D eigenvalue weighted by molar-refractivity contribution is -0.126. The molecule has 30 heavy (non-hydrogen) atoms. The quantitative estimate of drug-likeness (QED) is 0.527. The highest BCUT2D eigenvalue weighted by Gasteiger charge is 2.60.